The van der Waals surface area contributed by atoms with Crippen molar-refractivity contribution in [2.45, 2.75) is 19.1 Å². The van der Waals surface area contributed by atoms with E-state index in [0.717, 1.165) is 6.54 Å². The van der Waals surface area contributed by atoms with Gasteiger partial charge in [-0.3, -0.25) is 0 Å². The second-order valence-electron chi connectivity index (χ2n) is 2.99. The summed E-state index contributed by atoms with van der Waals surface area (Å²) in [5.74, 6) is -0.872. The first kappa shape index (κ1) is 8.49. The van der Waals surface area contributed by atoms with Crippen LogP contribution < -0.4 is 0 Å². The zero-order valence-electron chi connectivity index (χ0n) is 6.78. The lowest BCUT2D eigenvalue weighted by Crippen LogP contribution is -2.47. The Labute approximate surface area is 65.8 Å². The highest BCUT2D eigenvalue weighted by atomic mass is 16.5. The summed E-state index contributed by atoms with van der Waals surface area (Å²) in [6.45, 7) is 3.18. The van der Waals surface area contributed by atoms with Crippen molar-refractivity contribution in [1.29, 1.82) is 0 Å². The zero-order chi connectivity index (χ0) is 8.43. The van der Waals surface area contributed by atoms with Gasteiger partial charge < -0.3 is 14.7 Å². The molecule has 0 aromatic heterocycles. The molecule has 64 valence electrons. The third-order valence-corrected chi connectivity index (χ3v) is 1.72. The first-order valence-corrected chi connectivity index (χ1v) is 3.66. The third kappa shape index (κ3) is 2.17. The van der Waals surface area contributed by atoms with Gasteiger partial charge in [0.2, 0.25) is 0 Å². The molecule has 1 saturated heterocycles. The molecular weight excluding hydrogens is 146 g/mol. The van der Waals surface area contributed by atoms with Crippen LogP contribution in [-0.4, -0.2) is 48.3 Å². The minimum Gasteiger partial charge on any atom is -0.479 e. The van der Waals surface area contributed by atoms with Crippen LogP contribution in [0.4, 0.5) is 0 Å². The standard InChI is InChI=1S/C7H13NO3/c1-5-3-8(2)4-6(11-5)7(9)10/h5-6H,3-4H2,1-2H3,(H,9,10)/t5?,6-/m1/s1. The molecular formula is C7H13NO3. The molecule has 1 fully saturated rings. The SMILES string of the molecule is CC1CN(C)C[C@H](C(=O)O)O1. The maximum absolute atomic E-state index is 10.5. The van der Waals surface area contributed by atoms with Gasteiger partial charge in [0.15, 0.2) is 6.10 Å². The topological polar surface area (TPSA) is 49.8 Å². The molecule has 0 aliphatic carbocycles. The summed E-state index contributed by atoms with van der Waals surface area (Å²) in [7, 11) is 1.90. The average molecular weight is 159 g/mol. The molecule has 0 radical (unpaired) electrons. The van der Waals surface area contributed by atoms with Crippen LogP contribution in [0, 0.1) is 0 Å². The van der Waals surface area contributed by atoms with E-state index < -0.39 is 12.1 Å². The second kappa shape index (κ2) is 3.19. The molecule has 0 amide bonds. The Kier molecular flexibility index (Phi) is 2.46. The predicted octanol–water partition coefficient (Wildman–Crippen LogP) is -0.210. The van der Waals surface area contributed by atoms with Gasteiger partial charge in [-0.25, -0.2) is 4.79 Å². The third-order valence-electron chi connectivity index (χ3n) is 1.72. The number of ether oxygens (including phenoxy) is 1. The van der Waals surface area contributed by atoms with Gasteiger partial charge in [0.05, 0.1) is 6.10 Å². The molecule has 4 nitrogen and oxygen atoms in total. The smallest absolute Gasteiger partial charge is 0.334 e. The molecule has 0 spiro atoms. The molecule has 11 heavy (non-hydrogen) atoms. The summed E-state index contributed by atoms with van der Waals surface area (Å²) in [5, 5.41) is 8.62. The number of nitrogens with zero attached hydrogens (tertiary/aromatic N) is 1. The Morgan fingerprint density at radius 3 is 2.73 bits per heavy atom. The van der Waals surface area contributed by atoms with E-state index >= 15 is 0 Å². The fourth-order valence-corrected chi connectivity index (χ4v) is 1.30. The molecule has 0 aromatic rings. The van der Waals surface area contributed by atoms with Crippen molar-refractivity contribution in [2.75, 3.05) is 20.1 Å². The van der Waals surface area contributed by atoms with Crippen molar-refractivity contribution in [3.8, 4) is 0 Å². The number of carbonyl (C=O) groups is 1. The highest BCUT2D eigenvalue weighted by Crippen LogP contribution is 2.08. The number of hydrogen-bond donors (Lipinski definition) is 1. The molecule has 1 heterocycles. The van der Waals surface area contributed by atoms with Gasteiger partial charge in [0.1, 0.15) is 0 Å². The fraction of sp³-hybridized carbons (Fsp3) is 0.857. The lowest BCUT2D eigenvalue weighted by Gasteiger charge is -2.32. The molecule has 1 N–H and O–H groups in total. The number of aliphatic carboxylic acids is 1. The number of carboxylic acid groups (broad SMARTS) is 1. The molecule has 1 rings (SSSR count). The monoisotopic (exact) mass is 159 g/mol. The molecule has 4 heteroatoms. The largest absolute Gasteiger partial charge is 0.479 e. The number of carboxylic acids is 1. The van der Waals surface area contributed by atoms with Gasteiger partial charge >= 0.3 is 5.97 Å². The van der Waals surface area contributed by atoms with E-state index in [4.69, 9.17) is 9.84 Å². The summed E-state index contributed by atoms with van der Waals surface area (Å²) in [5.41, 5.74) is 0. The van der Waals surface area contributed by atoms with Gasteiger partial charge in [0.25, 0.3) is 0 Å². The highest BCUT2D eigenvalue weighted by molar-refractivity contribution is 5.72. The summed E-state index contributed by atoms with van der Waals surface area (Å²) in [4.78, 5) is 12.5. The summed E-state index contributed by atoms with van der Waals surface area (Å²) >= 11 is 0. The van der Waals surface area contributed by atoms with E-state index in [1.54, 1.807) is 0 Å². The fourth-order valence-electron chi connectivity index (χ4n) is 1.30. The Morgan fingerprint density at radius 1 is 1.64 bits per heavy atom. The normalized spacial score (nSPS) is 33.6. The van der Waals surface area contributed by atoms with Crippen molar-refractivity contribution < 1.29 is 14.6 Å². The quantitative estimate of drug-likeness (QED) is 0.575. The van der Waals surface area contributed by atoms with E-state index in [-0.39, 0.29) is 6.10 Å². The van der Waals surface area contributed by atoms with Crippen LogP contribution in [0.1, 0.15) is 6.92 Å². The molecule has 2 atom stereocenters. The highest BCUT2D eigenvalue weighted by Gasteiger charge is 2.27. The maximum atomic E-state index is 10.5. The Balaban J connectivity index is 2.49. The van der Waals surface area contributed by atoms with Crippen molar-refractivity contribution in [3.05, 3.63) is 0 Å². The van der Waals surface area contributed by atoms with E-state index in [9.17, 15) is 4.79 Å². The molecule has 1 unspecified atom stereocenters. The predicted molar refractivity (Wildman–Crippen MR) is 39.5 cm³/mol. The zero-order valence-corrected chi connectivity index (χ0v) is 6.78. The van der Waals surface area contributed by atoms with E-state index in [2.05, 4.69) is 0 Å². The first-order chi connectivity index (χ1) is 5.09. The van der Waals surface area contributed by atoms with Crippen LogP contribution in [0.5, 0.6) is 0 Å². The van der Waals surface area contributed by atoms with Gasteiger partial charge in [-0.15, -0.1) is 0 Å². The van der Waals surface area contributed by atoms with Gasteiger partial charge in [-0.2, -0.15) is 0 Å². The molecule has 0 bridgehead atoms. The Hall–Kier alpha value is -0.610. The van der Waals surface area contributed by atoms with Crippen molar-refractivity contribution in [1.82, 2.24) is 4.90 Å². The number of likely N-dealkylation sites (N-methyl/N-ethyl adjacent to an activating group) is 1. The summed E-state index contributed by atoms with van der Waals surface area (Å²) < 4.78 is 5.18. The van der Waals surface area contributed by atoms with Crippen LogP contribution >= 0.6 is 0 Å². The van der Waals surface area contributed by atoms with Crippen molar-refractivity contribution >= 4 is 5.97 Å². The van der Waals surface area contributed by atoms with Gasteiger partial charge in [-0.1, -0.05) is 0 Å². The second-order valence-corrected chi connectivity index (χ2v) is 2.99. The van der Waals surface area contributed by atoms with Crippen LogP contribution in [-0.2, 0) is 9.53 Å². The number of hydrogen-bond acceptors (Lipinski definition) is 3. The average Bonchev–Trinajstić information content (AvgIpc) is 1.85. The van der Waals surface area contributed by atoms with Crippen LogP contribution in [0.3, 0.4) is 0 Å². The lowest BCUT2D eigenvalue weighted by molar-refractivity contribution is -0.161. The van der Waals surface area contributed by atoms with Gasteiger partial charge in [-0.05, 0) is 14.0 Å². The van der Waals surface area contributed by atoms with Gasteiger partial charge in [0, 0.05) is 13.1 Å². The molecule has 0 saturated carbocycles. The van der Waals surface area contributed by atoms with Crippen molar-refractivity contribution in [2.24, 2.45) is 0 Å². The van der Waals surface area contributed by atoms with Crippen LogP contribution in [0.25, 0.3) is 0 Å². The van der Waals surface area contributed by atoms with E-state index in [1.165, 1.54) is 0 Å². The first-order valence-electron chi connectivity index (χ1n) is 3.66. The summed E-state index contributed by atoms with van der Waals surface area (Å²) in [6, 6.07) is 0. The lowest BCUT2D eigenvalue weighted by atomic mass is 10.2. The van der Waals surface area contributed by atoms with Crippen molar-refractivity contribution in [3.63, 3.8) is 0 Å². The van der Waals surface area contributed by atoms with Crippen LogP contribution in [0.15, 0.2) is 0 Å². The molecule has 0 aromatic carbocycles. The van der Waals surface area contributed by atoms with E-state index in [0.29, 0.717) is 6.54 Å². The Bertz CT molecular complexity index is 150. The van der Waals surface area contributed by atoms with Crippen LogP contribution in [0.2, 0.25) is 0 Å². The minimum absolute atomic E-state index is 0.0230. The Morgan fingerprint density at radius 2 is 2.27 bits per heavy atom. The maximum Gasteiger partial charge on any atom is 0.334 e. The minimum atomic E-state index is -0.872. The van der Waals surface area contributed by atoms with E-state index in [1.807, 2.05) is 18.9 Å². The number of rotatable bonds is 1. The summed E-state index contributed by atoms with van der Waals surface area (Å²) in [6.07, 6.45) is -0.626. The molecule has 1 aliphatic heterocycles. The number of morpholine rings is 1. The molecule has 1 aliphatic rings.